The van der Waals surface area contributed by atoms with Crippen molar-refractivity contribution < 1.29 is 27.8 Å². The number of ether oxygens (including phenoxy) is 1. The molecule has 0 amide bonds. The van der Waals surface area contributed by atoms with Crippen molar-refractivity contribution in [2.45, 2.75) is 18.7 Å². The van der Waals surface area contributed by atoms with Crippen LogP contribution in [0.4, 0.5) is 13.2 Å². The van der Waals surface area contributed by atoms with Gasteiger partial charge in [-0.25, -0.2) is 18.0 Å². The predicted octanol–water partition coefficient (Wildman–Crippen LogP) is 3.52. The fourth-order valence-corrected chi connectivity index (χ4v) is 2.46. The van der Waals surface area contributed by atoms with Gasteiger partial charge in [0.2, 0.25) is 5.67 Å². The molecular weight excluding hydrogens is 309 g/mol. The number of fused-ring (bicyclic) bond motifs is 1. The first-order chi connectivity index (χ1) is 9.82. The molecule has 7 heteroatoms. The monoisotopic (exact) mass is 320 g/mol. The predicted molar refractivity (Wildman–Crippen MR) is 72.0 cm³/mol. The molecule has 21 heavy (non-hydrogen) atoms. The zero-order valence-corrected chi connectivity index (χ0v) is 11.8. The van der Waals surface area contributed by atoms with Gasteiger partial charge in [0.25, 0.3) is 0 Å². The Morgan fingerprint density at radius 2 is 2.05 bits per heavy atom. The number of aliphatic carboxylic acids is 1. The average molecular weight is 321 g/mol. The molecule has 1 aromatic rings. The van der Waals surface area contributed by atoms with Crippen LogP contribution in [0.3, 0.4) is 0 Å². The Morgan fingerprint density at radius 1 is 1.43 bits per heavy atom. The molecule has 0 saturated heterocycles. The maximum atomic E-state index is 14.2. The fraction of sp³-hybridized carbons (Fsp3) is 0.357. The molecule has 0 aromatic heterocycles. The lowest BCUT2D eigenvalue weighted by Crippen LogP contribution is -2.49. The van der Waals surface area contributed by atoms with Gasteiger partial charge in [-0.2, -0.15) is 0 Å². The van der Waals surface area contributed by atoms with E-state index in [9.17, 15) is 18.0 Å². The molecule has 1 aliphatic heterocycles. The molecule has 0 radical (unpaired) electrons. The second-order valence-electron chi connectivity index (χ2n) is 4.85. The van der Waals surface area contributed by atoms with Crippen molar-refractivity contribution >= 4 is 23.6 Å². The van der Waals surface area contributed by atoms with Crippen LogP contribution in [-0.2, 0) is 4.79 Å². The third-order valence-corrected chi connectivity index (χ3v) is 3.48. The number of carboxylic acid groups (broad SMARTS) is 1. The van der Waals surface area contributed by atoms with Crippen molar-refractivity contribution in [3.05, 3.63) is 33.9 Å². The van der Waals surface area contributed by atoms with Crippen molar-refractivity contribution in [1.82, 2.24) is 0 Å². The Kier molecular flexibility index (Phi) is 4.18. The number of alkyl halides is 3. The number of rotatable bonds is 4. The molecule has 1 heterocycles. The number of carboxylic acids is 1. The summed E-state index contributed by atoms with van der Waals surface area (Å²) in [6, 6.07) is 2.97. The Morgan fingerprint density at radius 3 is 2.57 bits per heavy atom. The summed E-state index contributed by atoms with van der Waals surface area (Å²) in [6.07, 6.45) is -0.734. The number of carbonyl (C=O) groups is 1. The van der Waals surface area contributed by atoms with E-state index in [4.69, 9.17) is 21.4 Å². The summed E-state index contributed by atoms with van der Waals surface area (Å²) in [6.45, 7) is -1.77. The van der Waals surface area contributed by atoms with Gasteiger partial charge in [-0.1, -0.05) is 11.6 Å². The minimum Gasteiger partial charge on any atom is -0.481 e. The third kappa shape index (κ3) is 2.72. The number of halogens is 4. The Balaban J connectivity index is 2.60. The van der Waals surface area contributed by atoms with Crippen molar-refractivity contribution in [3.63, 3.8) is 0 Å². The maximum Gasteiger partial charge on any atom is 0.335 e. The molecule has 1 unspecified atom stereocenters. The first-order valence-corrected chi connectivity index (χ1v) is 6.42. The summed E-state index contributed by atoms with van der Waals surface area (Å²) in [5, 5.41) is 9.48. The molecule has 2 rings (SSSR count). The van der Waals surface area contributed by atoms with Gasteiger partial charge >= 0.3 is 5.97 Å². The van der Waals surface area contributed by atoms with Gasteiger partial charge in [0.1, 0.15) is 19.1 Å². The molecular formula is C14H12ClF3O3. The van der Waals surface area contributed by atoms with E-state index in [0.717, 1.165) is 6.08 Å². The Labute approximate surface area is 124 Å². The van der Waals surface area contributed by atoms with Gasteiger partial charge in [-0.3, -0.25) is 0 Å². The van der Waals surface area contributed by atoms with E-state index in [2.05, 4.69) is 0 Å². The number of hydrogen-bond acceptors (Lipinski definition) is 2. The van der Waals surface area contributed by atoms with E-state index in [-0.39, 0.29) is 5.75 Å². The third-order valence-electron chi connectivity index (χ3n) is 3.26. The number of hydrogen-bond donors (Lipinski definition) is 1. The molecule has 0 spiro atoms. The highest BCUT2D eigenvalue weighted by Crippen LogP contribution is 2.39. The van der Waals surface area contributed by atoms with Gasteiger partial charge in [0, 0.05) is 10.6 Å². The second kappa shape index (κ2) is 5.60. The maximum absolute atomic E-state index is 14.2. The van der Waals surface area contributed by atoms with Crippen LogP contribution in [0.1, 0.15) is 11.1 Å². The normalized spacial score (nSPS) is 17.8. The van der Waals surface area contributed by atoms with E-state index in [0.29, 0.717) is 16.1 Å². The Bertz CT molecular complexity index is 612. The van der Waals surface area contributed by atoms with Crippen LogP contribution < -0.4 is 4.74 Å². The minimum atomic E-state index is -3.05. The van der Waals surface area contributed by atoms with Crippen molar-refractivity contribution in [1.29, 1.82) is 0 Å². The summed E-state index contributed by atoms with van der Waals surface area (Å²) in [7, 11) is 0. The molecule has 0 aliphatic carbocycles. The lowest BCUT2D eigenvalue weighted by Gasteiger charge is -2.33. The summed E-state index contributed by atoms with van der Waals surface area (Å²) >= 11 is 5.86. The summed E-state index contributed by atoms with van der Waals surface area (Å²) in [5.74, 6) is -1.34. The first-order valence-electron chi connectivity index (χ1n) is 6.05. The quantitative estimate of drug-likeness (QED) is 0.923. The van der Waals surface area contributed by atoms with Crippen LogP contribution in [0, 0.1) is 6.92 Å². The number of benzene rings is 1. The molecule has 1 aliphatic rings. The first kappa shape index (κ1) is 15.7. The highest BCUT2D eigenvalue weighted by atomic mass is 35.5. The van der Waals surface area contributed by atoms with E-state index in [1.54, 1.807) is 6.92 Å². The van der Waals surface area contributed by atoms with Gasteiger partial charge < -0.3 is 9.84 Å². The van der Waals surface area contributed by atoms with Gasteiger partial charge in [0.05, 0.1) is 5.57 Å². The van der Waals surface area contributed by atoms with Crippen LogP contribution in [0.5, 0.6) is 5.75 Å². The van der Waals surface area contributed by atoms with E-state index < -0.39 is 36.7 Å². The summed E-state index contributed by atoms with van der Waals surface area (Å²) in [5.41, 5.74) is -2.76. The largest absolute Gasteiger partial charge is 0.481 e. The van der Waals surface area contributed by atoms with Gasteiger partial charge in [-0.05, 0) is 30.7 Å². The van der Waals surface area contributed by atoms with Crippen LogP contribution in [0.15, 0.2) is 17.7 Å². The standard InChI is InChI=1S/C14H12ClF3O3/c1-7-2-9(15)3-8-4-10(13(19)20)12(21-11(7)8)14(18,5-16)6-17/h2-4,12H,5-6H2,1H3,(H,19,20). The van der Waals surface area contributed by atoms with Crippen LogP contribution >= 0.6 is 11.6 Å². The molecule has 1 aromatic carbocycles. The van der Waals surface area contributed by atoms with Crippen molar-refractivity contribution in [2.24, 2.45) is 0 Å². The molecule has 1 atom stereocenters. The smallest absolute Gasteiger partial charge is 0.335 e. The fourth-order valence-electron chi connectivity index (χ4n) is 2.18. The highest BCUT2D eigenvalue weighted by Gasteiger charge is 2.48. The van der Waals surface area contributed by atoms with Crippen molar-refractivity contribution in [3.8, 4) is 5.75 Å². The van der Waals surface area contributed by atoms with Gasteiger partial charge in [0.15, 0.2) is 6.10 Å². The zero-order valence-electron chi connectivity index (χ0n) is 11.0. The summed E-state index contributed by atoms with van der Waals surface area (Å²) in [4.78, 5) is 11.2. The average Bonchev–Trinajstić information content (AvgIpc) is 2.45. The lowest BCUT2D eigenvalue weighted by atomic mass is 9.90. The Hall–Kier alpha value is -1.69. The van der Waals surface area contributed by atoms with Crippen molar-refractivity contribution in [2.75, 3.05) is 13.3 Å². The van der Waals surface area contributed by atoms with Gasteiger partial charge in [-0.15, -0.1) is 0 Å². The SMILES string of the molecule is Cc1cc(Cl)cc2c1OC(C(F)(CF)CF)C(C(=O)O)=C2. The van der Waals surface area contributed by atoms with E-state index >= 15 is 0 Å². The lowest BCUT2D eigenvalue weighted by molar-refractivity contribution is -0.135. The van der Waals surface area contributed by atoms with Crippen LogP contribution in [-0.4, -0.2) is 36.2 Å². The van der Waals surface area contributed by atoms with Crippen LogP contribution in [0.2, 0.25) is 5.02 Å². The second-order valence-corrected chi connectivity index (χ2v) is 5.28. The summed E-state index contributed by atoms with van der Waals surface area (Å²) < 4.78 is 45.3. The molecule has 3 nitrogen and oxygen atoms in total. The molecule has 1 N–H and O–H groups in total. The highest BCUT2D eigenvalue weighted by molar-refractivity contribution is 6.30. The van der Waals surface area contributed by atoms with Crippen LogP contribution in [0.25, 0.3) is 6.08 Å². The molecule has 114 valence electrons. The molecule has 0 bridgehead atoms. The minimum absolute atomic E-state index is 0.165. The topological polar surface area (TPSA) is 46.5 Å². The number of aryl methyl sites for hydroxylation is 1. The van der Waals surface area contributed by atoms with E-state index in [1.165, 1.54) is 12.1 Å². The van der Waals surface area contributed by atoms with E-state index in [1.807, 2.05) is 0 Å². The zero-order chi connectivity index (χ0) is 15.8. The molecule has 0 saturated carbocycles. The molecule has 0 fully saturated rings.